The van der Waals surface area contributed by atoms with Crippen molar-refractivity contribution in [1.82, 2.24) is 19.0 Å². The van der Waals surface area contributed by atoms with Gasteiger partial charge in [0.15, 0.2) is 0 Å². The summed E-state index contributed by atoms with van der Waals surface area (Å²) in [6.45, 7) is 11.1. The smallest absolute Gasteiger partial charge is 0.243 e. The van der Waals surface area contributed by atoms with Crippen LogP contribution in [0.25, 0.3) is 0 Å². The predicted molar refractivity (Wildman–Crippen MR) is 120 cm³/mol. The molecule has 9 heteroatoms. The Kier molecular flexibility index (Phi) is 6.74. The molecule has 1 saturated heterocycles. The van der Waals surface area contributed by atoms with Gasteiger partial charge >= 0.3 is 0 Å². The standard InChI is InChI=1S/C21H29BrN4O3S/c1-14-6-7-19(15(2)12-14)30(28,29)25-10-8-24(9-11-25)20(27)13-16(3)26-18(5)21(22)17(4)23-26/h6-7,12,16H,8-11,13H2,1-5H3. The second-order valence-electron chi connectivity index (χ2n) is 8.04. The molecule has 0 saturated carbocycles. The Balaban J connectivity index is 1.63. The van der Waals surface area contributed by atoms with Gasteiger partial charge in [0, 0.05) is 32.6 Å². The van der Waals surface area contributed by atoms with E-state index >= 15 is 0 Å². The van der Waals surface area contributed by atoms with E-state index < -0.39 is 10.0 Å². The fourth-order valence-corrected chi connectivity index (χ4v) is 5.83. The third-order valence-corrected chi connectivity index (χ3v) is 8.87. The molecule has 30 heavy (non-hydrogen) atoms. The van der Waals surface area contributed by atoms with Crippen molar-refractivity contribution < 1.29 is 13.2 Å². The highest BCUT2D eigenvalue weighted by molar-refractivity contribution is 9.10. The quantitative estimate of drug-likeness (QED) is 0.635. The van der Waals surface area contributed by atoms with Crippen molar-refractivity contribution >= 4 is 31.9 Å². The van der Waals surface area contributed by atoms with Crippen LogP contribution in [0.1, 0.15) is 41.9 Å². The molecular weight excluding hydrogens is 468 g/mol. The van der Waals surface area contributed by atoms with Crippen molar-refractivity contribution in [3.05, 3.63) is 45.2 Å². The Labute approximate surface area is 187 Å². The molecule has 2 heterocycles. The topological polar surface area (TPSA) is 75.5 Å². The largest absolute Gasteiger partial charge is 0.340 e. The Bertz CT molecular complexity index is 1060. The van der Waals surface area contributed by atoms with E-state index in [9.17, 15) is 13.2 Å². The number of piperazine rings is 1. The lowest BCUT2D eigenvalue weighted by atomic mass is 10.2. The summed E-state index contributed by atoms with van der Waals surface area (Å²) in [6.07, 6.45) is 0.332. The summed E-state index contributed by atoms with van der Waals surface area (Å²) in [6, 6.07) is 5.30. The second kappa shape index (κ2) is 8.80. The van der Waals surface area contributed by atoms with Crippen LogP contribution in [0.15, 0.2) is 27.6 Å². The van der Waals surface area contributed by atoms with Gasteiger partial charge in [-0.2, -0.15) is 9.40 Å². The average molecular weight is 497 g/mol. The van der Waals surface area contributed by atoms with Crippen molar-refractivity contribution in [1.29, 1.82) is 0 Å². The maximum Gasteiger partial charge on any atom is 0.243 e. The van der Waals surface area contributed by atoms with Crippen LogP contribution < -0.4 is 0 Å². The first kappa shape index (κ1) is 23.0. The zero-order valence-corrected chi connectivity index (χ0v) is 20.5. The summed E-state index contributed by atoms with van der Waals surface area (Å²) in [5.41, 5.74) is 3.68. The van der Waals surface area contributed by atoms with Crippen LogP contribution in [-0.4, -0.2) is 59.5 Å². The van der Waals surface area contributed by atoms with E-state index in [1.165, 1.54) is 4.31 Å². The lowest BCUT2D eigenvalue weighted by molar-refractivity contribution is -0.133. The molecule has 0 N–H and O–H groups in total. The summed E-state index contributed by atoms with van der Waals surface area (Å²) in [4.78, 5) is 14.9. The maximum atomic E-state index is 13.0. The van der Waals surface area contributed by atoms with Gasteiger partial charge in [-0.3, -0.25) is 9.48 Å². The third kappa shape index (κ3) is 4.48. The zero-order valence-electron chi connectivity index (χ0n) is 18.1. The number of carbonyl (C=O) groups is 1. The lowest BCUT2D eigenvalue weighted by Crippen LogP contribution is -2.50. The van der Waals surface area contributed by atoms with Crippen LogP contribution in [0, 0.1) is 27.7 Å². The molecule has 0 radical (unpaired) electrons. The van der Waals surface area contributed by atoms with E-state index in [1.807, 2.05) is 51.4 Å². The number of sulfonamides is 1. The summed E-state index contributed by atoms with van der Waals surface area (Å²) in [5.74, 6) is 0.0229. The molecule has 1 fully saturated rings. The molecule has 1 aliphatic heterocycles. The van der Waals surface area contributed by atoms with E-state index in [0.717, 1.165) is 27.0 Å². The van der Waals surface area contributed by atoms with E-state index in [-0.39, 0.29) is 11.9 Å². The average Bonchev–Trinajstić information content (AvgIpc) is 2.95. The summed E-state index contributed by atoms with van der Waals surface area (Å²) in [7, 11) is -3.56. The van der Waals surface area contributed by atoms with Crippen LogP contribution in [0.3, 0.4) is 0 Å². The molecule has 1 aromatic carbocycles. The molecule has 0 bridgehead atoms. The minimum atomic E-state index is -3.56. The fourth-order valence-electron chi connectivity index (χ4n) is 3.95. The number of hydrogen-bond donors (Lipinski definition) is 0. The summed E-state index contributed by atoms with van der Waals surface area (Å²) < 4.78 is 30.4. The molecular formula is C21H29BrN4O3S. The number of carbonyl (C=O) groups excluding carboxylic acids is 1. The highest BCUT2D eigenvalue weighted by Crippen LogP contribution is 2.25. The number of benzene rings is 1. The first-order valence-corrected chi connectivity index (χ1v) is 12.3. The van der Waals surface area contributed by atoms with Gasteiger partial charge in [-0.25, -0.2) is 8.42 Å². The Morgan fingerprint density at radius 3 is 2.30 bits per heavy atom. The molecule has 7 nitrogen and oxygen atoms in total. The Hall–Kier alpha value is -1.71. The van der Waals surface area contributed by atoms with Gasteiger partial charge in [0.2, 0.25) is 15.9 Å². The van der Waals surface area contributed by atoms with Crippen molar-refractivity contribution in [3.63, 3.8) is 0 Å². The second-order valence-corrected chi connectivity index (χ2v) is 10.7. The minimum Gasteiger partial charge on any atom is -0.340 e. The molecule has 1 unspecified atom stereocenters. The molecule has 164 valence electrons. The van der Waals surface area contributed by atoms with Gasteiger partial charge in [-0.05, 0) is 62.2 Å². The molecule has 3 rings (SSSR count). The number of hydrogen-bond acceptors (Lipinski definition) is 4. The monoisotopic (exact) mass is 496 g/mol. The zero-order chi connectivity index (χ0) is 22.2. The molecule has 2 aromatic rings. The number of halogens is 1. The van der Waals surface area contributed by atoms with E-state index in [2.05, 4.69) is 21.0 Å². The Morgan fingerprint density at radius 1 is 1.13 bits per heavy atom. The molecule has 0 aliphatic carbocycles. The molecule has 1 aliphatic rings. The van der Waals surface area contributed by atoms with Gasteiger partial charge in [-0.1, -0.05) is 17.7 Å². The van der Waals surface area contributed by atoms with Gasteiger partial charge in [0.25, 0.3) is 0 Å². The van der Waals surface area contributed by atoms with Gasteiger partial charge in [0.05, 0.1) is 26.8 Å². The van der Waals surface area contributed by atoms with Crippen LogP contribution in [0.2, 0.25) is 0 Å². The van der Waals surface area contributed by atoms with Gasteiger partial charge in [0.1, 0.15) is 0 Å². The predicted octanol–water partition coefficient (Wildman–Crippen LogP) is 3.36. The number of nitrogens with zero attached hydrogens (tertiary/aromatic N) is 4. The highest BCUT2D eigenvalue weighted by atomic mass is 79.9. The molecule has 1 amide bonds. The van der Waals surface area contributed by atoms with Crippen molar-refractivity contribution in [2.75, 3.05) is 26.2 Å². The van der Waals surface area contributed by atoms with Crippen molar-refractivity contribution in [2.24, 2.45) is 0 Å². The third-order valence-electron chi connectivity index (χ3n) is 5.66. The lowest BCUT2D eigenvalue weighted by Gasteiger charge is -2.34. The van der Waals surface area contributed by atoms with E-state index in [4.69, 9.17) is 0 Å². The van der Waals surface area contributed by atoms with E-state index in [0.29, 0.717) is 37.5 Å². The number of amides is 1. The molecule has 1 aromatic heterocycles. The first-order chi connectivity index (χ1) is 14.0. The van der Waals surface area contributed by atoms with Crippen molar-refractivity contribution in [3.8, 4) is 0 Å². The van der Waals surface area contributed by atoms with Gasteiger partial charge < -0.3 is 4.90 Å². The highest BCUT2D eigenvalue weighted by Gasteiger charge is 2.31. The first-order valence-electron chi connectivity index (χ1n) is 10.1. The SMILES string of the molecule is Cc1ccc(S(=O)(=O)N2CCN(C(=O)CC(C)n3nc(C)c(Br)c3C)CC2)c(C)c1. The minimum absolute atomic E-state index is 0.0229. The Morgan fingerprint density at radius 2 is 1.77 bits per heavy atom. The van der Waals surface area contributed by atoms with Gasteiger partial charge in [-0.15, -0.1) is 0 Å². The molecule has 1 atom stereocenters. The van der Waals surface area contributed by atoms with Crippen molar-refractivity contribution in [2.45, 2.75) is 52.0 Å². The van der Waals surface area contributed by atoms with Crippen LogP contribution >= 0.6 is 15.9 Å². The van der Waals surface area contributed by atoms with Crippen LogP contribution in [0.4, 0.5) is 0 Å². The number of aromatic nitrogens is 2. The maximum absolute atomic E-state index is 13.0. The molecule has 0 spiro atoms. The number of rotatable bonds is 5. The fraction of sp³-hybridized carbons (Fsp3) is 0.524. The van der Waals surface area contributed by atoms with E-state index in [1.54, 1.807) is 11.0 Å². The van der Waals surface area contributed by atoms with Crippen LogP contribution in [0.5, 0.6) is 0 Å². The normalized spacial score (nSPS) is 16.7. The van der Waals surface area contributed by atoms with Crippen LogP contribution in [-0.2, 0) is 14.8 Å². The number of aryl methyl sites for hydroxylation is 3. The summed E-state index contributed by atoms with van der Waals surface area (Å²) in [5, 5.41) is 4.51. The summed E-state index contributed by atoms with van der Waals surface area (Å²) >= 11 is 3.52.